The summed E-state index contributed by atoms with van der Waals surface area (Å²) in [6.45, 7) is 1.56. The highest BCUT2D eigenvalue weighted by Gasteiger charge is 2.05. The summed E-state index contributed by atoms with van der Waals surface area (Å²) in [6.07, 6.45) is 6.28. The average molecular weight is 210 g/mol. The van der Waals surface area contributed by atoms with Crippen molar-refractivity contribution in [1.29, 1.82) is 0 Å². The van der Waals surface area contributed by atoms with Gasteiger partial charge >= 0.3 is 0 Å². The third-order valence-corrected chi connectivity index (χ3v) is 2.25. The summed E-state index contributed by atoms with van der Waals surface area (Å²) in [6, 6.07) is 0. The van der Waals surface area contributed by atoms with E-state index in [4.69, 9.17) is 5.73 Å². The number of nitrogens with zero attached hydrogens (tertiary/aromatic N) is 2. The van der Waals surface area contributed by atoms with Crippen LogP contribution in [0.5, 0.6) is 0 Å². The zero-order valence-corrected chi connectivity index (χ0v) is 9.07. The third kappa shape index (κ3) is 3.71. The van der Waals surface area contributed by atoms with Gasteiger partial charge in [-0.1, -0.05) is 6.42 Å². The van der Waals surface area contributed by atoms with Crippen LogP contribution in [-0.2, 0) is 0 Å². The number of nitrogens with two attached hydrogens (primary N) is 1. The minimum absolute atomic E-state index is 0.140. The van der Waals surface area contributed by atoms with Crippen molar-refractivity contribution in [3.8, 4) is 0 Å². The summed E-state index contributed by atoms with van der Waals surface area (Å²) in [5.74, 6) is 0.477. The van der Waals surface area contributed by atoms with Gasteiger partial charge in [0.25, 0.3) is 5.56 Å². The van der Waals surface area contributed by atoms with E-state index >= 15 is 0 Å². The van der Waals surface area contributed by atoms with Crippen LogP contribution in [0.1, 0.15) is 19.3 Å². The number of aromatic amines is 1. The van der Waals surface area contributed by atoms with Crippen LogP contribution in [0.2, 0.25) is 0 Å². The van der Waals surface area contributed by atoms with Gasteiger partial charge in [-0.15, -0.1) is 0 Å². The Hall–Kier alpha value is -1.36. The molecule has 0 atom stereocenters. The molecule has 3 N–H and O–H groups in total. The molecular formula is C10H18N4O. The Bertz CT molecular complexity index is 336. The molecule has 0 radical (unpaired) electrons. The lowest BCUT2D eigenvalue weighted by atomic mass is 10.2. The van der Waals surface area contributed by atoms with Gasteiger partial charge in [-0.25, -0.2) is 4.98 Å². The number of anilines is 1. The fourth-order valence-electron chi connectivity index (χ4n) is 1.39. The minimum atomic E-state index is -0.140. The van der Waals surface area contributed by atoms with Crippen LogP contribution < -0.4 is 16.2 Å². The van der Waals surface area contributed by atoms with E-state index in [0.717, 1.165) is 32.4 Å². The topological polar surface area (TPSA) is 75.0 Å². The van der Waals surface area contributed by atoms with Crippen LogP contribution in [0.25, 0.3) is 0 Å². The van der Waals surface area contributed by atoms with Crippen molar-refractivity contribution < 1.29 is 0 Å². The summed E-state index contributed by atoms with van der Waals surface area (Å²) >= 11 is 0. The SMILES string of the molecule is CN(CCCCCN)c1ncc[nH]c1=O. The Labute approximate surface area is 89.3 Å². The van der Waals surface area contributed by atoms with E-state index in [1.54, 1.807) is 6.20 Å². The molecule has 15 heavy (non-hydrogen) atoms. The van der Waals surface area contributed by atoms with Gasteiger partial charge in [-0.2, -0.15) is 0 Å². The first-order chi connectivity index (χ1) is 7.25. The lowest BCUT2D eigenvalue weighted by molar-refractivity contribution is 0.674. The molecule has 5 nitrogen and oxygen atoms in total. The van der Waals surface area contributed by atoms with E-state index in [-0.39, 0.29) is 5.56 Å². The second-order valence-corrected chi connectivity index (χ2v) is 3.51. The summed E-state index contributed by atoms with van der Waals surface area (Å²) in [4.78, 5) is 19.9. The van der Waals surface area contributed by atoms with Gasteiger partial charge in [-0.05, 0) is 19.4 Å². The van der Waals surface area contributed by atoms with Gasteiger partial charge < -0.3 is 15.6 Å². The van der Waals surface area contributed by atoms with Crippen molar-refractivity contribution in [3.05, 3.63) is 22.7 Å². The molecule has 1 aromatic rings. The standard InChI is InChI=1S/C10H18N4O/c1-14(8-4-2-3-5-11)9-10(15)13-7-6-12-9/h6-7H,2-5,8,11H2,1H3,(H,13,15). The van der Waals surface area contributed by atoms with Gasteiger partial charge in [0.1, 0.15) is 0 Å². The van der Waals surface area contributed by atoms with E-state index in [2.05, 4.69) is 9.97 Å². The Balaban J connectivity index is 2.43. The fraction of sp³-hybridized carbons (Fsp3) is 0.600. The molecular weight excluding hydrogens is 192 g/mol. The largest absolute Gasteiger partial charge is 0.355 e. The van der Waals surface area contributed by atoms with Crippen molar-refractivity contribution in [1.82, 2.24) is 9.97 Å². The van der Waals surface area contributed by atoms with Crippen LogP contribution in [0.3, 0.4) is 0 Å². The molecule has 5 heteroatoms. The number of rotatable bonds is 6. The Morgan fingerprint density at radius 1 is 1.47 bits per heavy atom. The monoisotopic (exact) mass is 210 g/mol. The number of nitrogens with one attached hydrogen (secondary N) is 1. The molecule has 0 saturated carbocycles. The van der Waals surface area contributed by atoms with E-state index in [1.165, 1.54) is 6.20 Å². The van der Waals surface area contributed by atoms with Crippen molar-refractivity contribution in [2.24, 2.45) is 5.73 Å². The second-order valence-electron chi connectivity index (χ2n) is 3.51. The highest BCUT2D eigenvalue weighted by molar-refractivity contribution is 5.33. The predicted molar refractivity (Wildman–Crippen MR) is 61.0 cm³/mol. The van der Waals surface area contributed by atoms with Crippen LogP contribution in [0, 0.1) is 0 Å². The Kier molecular flexibility index (Phi) is 4.83. The summed E-state index contributed by atoms with van der Waals surface area (Å²) < 4.78 is 0. The summed E-state index contributed by atoms with van der Waals surface area (Å²) in [5, 5.41) is 0. The van der Waals surface area contributed by atoms with Gasteiger partial charge in [0.2, 0.25) is 0 Å². The second kappa shape index (κ2) is 6.19. The molecule has 0 aliphatic rings. The molecule has 0 spiro atoms. The Morgan fingerprint density at radius 3 is 2.93 bits per heavy atom. The highest BCUT2D eigenvalue weighted by Crippen LogP contribution is 2.02. The number of unbranched alkanes of at least 4 members (excludes halogenated alkanes) is 2. The smallest absolute Gasteiger partial charge is 0.290 e. The normalized spacial score (nSPS) is 10.3. The minimum Gasteiger partial charge on any atom is -0.355 e. The van der Waals surface area contributed by atoms with Gasteiger partial charge in [0.05, 0.1) is 0 Å². The number of aromatic nitrogens is 2. The van der Waals surface area contributed by atoms with Gasteiger partial charge in [-0.3, -0.25) is 4.79 Å². The zero-order chi connectivity index (χ0) is 11.1. The van der Waals surface area contributed by atoms with Crippen LogP contribution in [-0.4, -0.2) is 30.1 Å². The van der Waals surface area contributed by atoms with Crippen LogP contribution in [0.4, 0.5) is 5.82 Å². The van der Waals surface area contributed by atoms with Gasteiger partial charge in [0, 0.05) is 26.0 Å². The van der Waals surface area contributed by atoms with Crippen molar-refractivity contribution in [3.63, 3.8) is 0 Å². The summed E-state index contributed by atoms with van der Waals surface area (Å²) in [5.41, 5.74) is 5.26. The first-order valence-electron chi connectivity index (χ1n) is 5.20. The van der Waals surface area contributed by atoms with Crippen molar-refractivity contribution in [2.45, 2.75) is 19.3 Å². The molecule has 0 fully saturated rings. The first-order valence-corrected chi connectivity index (χ1v) is 5.20. The molecule has 0 aromatic carbocycles. The maximum Gasteiger partial charge on any atom is 0.290 e. The molecule has 0 bridgehead atoms. The Morgan fingerprint density at radius 2 is 2.27 bits per heavy atom. The van der Waals surface area contributed by atoms with E-state index < -0.39 is 0 Å². The fourth-order valence-corrected chi connectivity index (χ4v) is 1.39. The number of hydrogen-bond donors (Lipinski definition) is 2. The number of hydrogen-bond acceptors (Lipinski definition) is 4. The molecule has 1 rings (SSSR count). The van der Waals surface area contributed by atoms with Crippen molar-refractivity contribution in [2.75, 3.05) is 25.0 Å². The van der Waals surface area contributed by atoms with E-state index in [0.29, 0.717) is 5.82 Å². The number of H-pyrrole nitrogens is 1. The molecule has 1 aromatic heterocycles. The molecule has 0 amide bonds. The maximum atomic E-state index is 11.4. The highest BCUT2D eigenvalue weighted by atomic mass is 16.1. The molecule has 0 unspecified atom stereocenters. The summed E-state index contributed by atoms with van der Waals surface area (Å²) in [7, 11) is 1.88. The molecule has 1 heterocycles. The molecule has 0 saturated heterocycles. The molecule has 0 aliphatic heterocycles. The lowest BCUT2D eigenvalue weighted by Gasteiger charge is -2.16. The molecule has 84 valence electrons. The van der Waals surface area contributed by atoms with Crippen LogP contribution >= 0.6 is 0 Å². The quantitative estimate of drug-likeness (QED) is 0.664. The van der Waals surface area contributed by atoms with E-state index in [1.807, 2.05) is 11.9 Å². The zero-order valence-electron chi connectivity index (χ0n) is 9.07. The van der Waals surface area contributed by atoms with Crippen molar-refractivity contribution >= 4 is 5.82 Å². The van der Waals surface area contributed by atoms with Gasteiger partial charge in [0.15, 0.2) is 5.82 Å². The van der Waals surface area contributed by atoms with Crippen LogP contribution in [0.15, 0.2) is 17.2 Å². The third-order valence-electron chi connectivity index (χ3n) is 2.25. The predicted octanol–water partition coefficient (Wildman–Crippen LogP) is 0.335. The maximum absolute atomic E-state index is 11.4. The first kappa shape index (κ1) is 11.7. The molecule has 0 aliphatic carbocycles. The average Bonchev–Trinajstić information content (AvgIpc) is 2.25. The van der Waals surface area contributed by atoms with E-state index in [9.17, 15) is 4.79 Å². The lowest BCUT2D eigenvalue weighted by Crippen LogP contribution is -2.27.